The van der Waals surface area contributed by atoms with Gasteiger partial charge in [0.15, 0.2) is 0 Å². The van der Waals surface area contributed by atoms with Gasteiger partial charge in [-0.2, -0.15) is 12.1 Å². The van der Waals surface area contributed by atoms with E-state index in [4.69, 9.17) is 0 Å². The zero-order chi connectivity index (χ0) is 7.11. The molecule has 0 amide bonds. The first-order valence-electron chi connectivity index (χ1n) is 2.15. The molecule has 0 fully saturated rings. The molecule has 0 saturated heterocycles. The van der Waals surface area contributed by atoms with Crippen molar-refractivity contribution in [1.29, 1.82) is 0 Å². The van der Waals surface area contributed by atoms with Crippen LogP contribution in [0, 0.1) is 12.1 Å². The van der Waals surface area contributed by atoms with Gasteiger partial charge in [0.05, 0.1) is 5.95 Å². The topological polar surface area (TPSA) is 12.9 Å². The third-order valence-electron chi connectivity index (χ3n) is 0.576. The summed E-state index contributed by atoms with van der Waals surface area (Å²) in [6.45, 7) is 0. The number of halogens is 2. The molecule has 44 valence electrons. The number of rotatable bonds is 0. The van der Waals surface area contributed by atoms with E-state index in [0.717, 1.165) is 0 Å². The molecule has 1 aromatic heterocycles. The standard InChI is InChI=1S/C5H3FN.BrH.Zn/c6-5-3-1-2-4-7-5;;/h1-3H;1H;/q-1;;+2/p-1. The van der Waals surface area contributed by atoms with E-state index < -0.39 is 5.95 Å². The van der Waals surface area contributed by atoms with Crippen LogP contribution in [0.4, 0.5) is 4.39 Å². The Morgan fingerprint density at radius 2 is 2.33 bits per heavy atom. The van der Waals surface area contributed by atoms with Gasteiger partial charge in [0, 0.05) is 0 Å². The fraction of sp³-hybridized carbons (Fsp3) is 0. The summed E-state index contributed by atoms with van der Waals surface area (Å²) in [4.78, 5) is 3.19. The fourth-order valence-corrected chi connectivity index (χ4v) is 0.307. The molecule has 9 heavy (non-hydrogen) atoms. The van der Waals surface area contributed by atoms with E-state index in [0.29, 0.717) is 0 Å². The average molecular weight is 241 g/mol. The van der Waals surface area contributed by atoms with Crippen LogP contribution in [-0.2, 0) is 16.3 Å². The molecule has 1 heterocycles. The summed E-state index contributed by atoms with van der Waals surface area (Å²) < 4.78 is 11.8. The minimum absolute atomic E-state index is 0.484. The van der Waals surface area contributed by atoms with Gasteiger partial charge in [-0.05, 0) is 0 Å². The van der Waals surface area contributed by atoms with Gasteiger partial charge in [0.2, 0.25) is 0 Å². The summed E-state index contributed by atoms with van der Waals surface area (Å²) in [5.74, 6) is -0.484. The van der Waals surface area contributed by atoms with Crippen molar-refractivity contribution in [1.82, 2.24) is 4.98 Å². The van der Waals surface area contributed by atoms with Gasteiger partial charge >= 0.3 is 30.0 Å². The average Bonchev–Trinajstić information content (AvgIpc) is 1.94. The second-order valence-electron chi connectivity index (χ2n) is 1.09. The van der Waals surface area contributed by atoms with E-state index in [2.05, 4.69) is 24.8 Å². The number of nitrogens with zero attached hydrogens (tertiary/aromatic N) is 1. The van der Waals surface area contributed by atoms with Crippen molar-refractivity contribution < 1.29 is 20.7 Å². The molecule has 0 unspecified atom stereocenters. The second-order valence-corrected chi connectivity index (χ2v) is 1.09. The summed E-state index contributed by atoms with van der Waals surface area (Å²) in [6.07, 6.45) is 2.34. The van der Waals surface area contributed by atoms with E-state index in [1.807, 2.05) is 0 Å². The zero-order valence-corrected chi connectivity index (χ0v) is 9.20. The number of hydrogen-bond donors (Lipinski definition) is 0. The zero-order valence-electron chi connectivity index (χ0n) is 4.64. The molecular formula is C5H3BrFNZn. The quantitative estimate of drug-likeness (QED) is 0.384. The molecule has 4 heteroatoms. The van der Waals surface area contributed by atoms with Gasteiger partial charge in [-0.1, -0.05) is 6.20 Å². The van der Waals surface area contributed by atoms with E-state index in [9.17, 15) is 4.39 Å². The number of pyridine rings is 1. The molecule has 0 atom stereocenters. The van der Waals surface area contributed by atoms with Crippen LogP contribution in [0.2, 0.25) is 0 Å². The van der Waals surface area contributed by atoms with Crippen LogP contribution < -0.4 is 0 Å². The number of aromatic nitrogens is 1. The normalized spacial score (nSPS) is 7.56. The molecule has 0 aliphatic heterocycles. The molecule has 1 aromatic rings. The van der Waals surface area contributed by atoms with E-state index in [1.54, 1.807) is 12.1 Å². The van der Waals surface area contributed by atoms with Gasteiger partial charge in [-0.25, -0.2) is 0 Å². The summed E-state index contributed by atoms with van der Waals surface area (Å²) >= 11 is 4.25. The summed E-state index contributed by atoms with van der Waals surface area (Å²) in [5.41, 5.74) is 0. The van der Waals surface area contributed by atoms with E-state index in [1.165, 1.54) is 22.4 Å². The molecular weight excluding hydrogens is 238 g/mol. The third kappa shape index (κ3) is 4.67. The van der Waals surface area contributed by atoms with Crippen LogP contribution in [0.3, 0.4) is 0 Å². The molecule has 1 nitrogen and oxygen atoms in total. The Labute approximate surface area is 69.7 Å². The van der Waals surface area contributed by atoms with Crippen LogP contribution in [0.25, 0.3) is 0 Å². The Kier molecular flexibility index (Phi) is 6.43. The maximum atomic E-state index is 11.8. The Balaban J connectivity index is 0.000000291. The Bertz CT molecular complexity index is 147. The molecule has 0 aliphatic carbocycles. The van der Waals surface area contributed by atoms with Gasteiger partial charge in [0.1, 0.15) is 0 Å². The molecule has 0 N–H and O–H groups in total. The Morgan fingerprint density at radius 3 is 2.56 bits per heavy atom. The van der Waals surface area contributed by atoms with Gasteiger partial charge < -0.3 is 4.98 Å². The predicted octanol–water partition coefficient (Wildman–Crippen LogP) is 1.86. The van der Waals surface area contributed by atoms with Crippen molar-refractivity contribution in [2.45, 2.75) is 0 Å². The second kappa shape index (κ2) is 6.31. The molecule has 1 rings (SSSR count). The summed E-state index contributed by atoms with van der Waals surface area (Å²) in [7, 11) is 0. The third-order valence-corrected chi connectivity index (χ3v) is 0.576. The van der Waals surface area contributed by atoms with Crippen LogP contribution >= 0.6 is 13.6 Å². The first-order chi connectivity index (χ1) is 4.39. The Hall–Kier alpha value is 0.183. The predicted molar refractivity (Wildman–Crippen MR) is 32.0 cm³/mol. The van der Waals surface area contributed by atoms with Gasteiger partial charge in [-0.15, -0.1) is 6.07 Å². The Morgan fingerprint density at radius 1 is 1.67 bits per heavy atom. The summed E-state index contributed by atoms with van der Waals surface area (Å²) in [5, 5.41) is 0. The fourth-order valence-electron chi connectivity index (χ4n) is 0.307. The van der Waals surface area contributed by atoms with Gasteiger partial charge in [-0.3, -0.25) is 4.39 Å². The van der Waals surface area contributed by atoms with Crippen molar-refractivity contribution in [2.24, 2.45) is 0 Å². The van der Waals surface area contributed by atoms with Crippen molar-refractivity contribution in [3.05, 3.63) is 30.3 Å². The van der Waals surface area contributed by atoms with Crippen molar-refractivity contribution in [2.75, 3.05) is 0 Å². The van der Waals surface area contributed by atoms with E-state index in [-0.39, 0.29) is 0 Å². The van der Waals surface area contributed by atoms with Crippen molar-refractivity contribution >= 4 is 13.6 Å². The van der Waals surface area contributed by atoms with Crippen LogP contribution in [-0.4, -0.2) is 4.98 Å². The number of hydrogen-bond acceptors (Lipinski definition) is 1. The molecule has 0 saturated carbocycles. The first-order valence-corrected chi connectivity index (χ1v) is 9.10. The molecule has 0 bridgehead atoms. The molecule has 0 aliphatic rings. The SMILES string of the molecule is Fc1ccc[c-]n1.[Zn+][Br]. The van der Waals surface area contributed by atoms with Crippen LogP contribution in [0.5, 0.6) is 0 Å². The first kappa shape index (κ1) is 9.18. The van der Waals surface area contributed by atoms with Crippen molar-refractivity contribution in [3.63, 3.8) is 0 Å². The molecule has 0 spiro atoms. The molecule has 0 aromatic carbocycles. The van der Waals surface area contributed by atoms with E-state index >= 15 is 0 Å². The molecule has 0 radical (unpaired) electrons. The minimum atomic E-state index is -0.484. The summed E-state index contributed by atoms with van der Waals surface area (Å²) in [6, 6.07) is 4.36. The van der Waals surface area contributed by atoms with Crippen LogP contribution in [0.1, 0.15) is 0 Å². The monoisotopic (exact) mass is 239 g/mol. The van der Waals surface area contributed by atoms with Crippen molar-refractivity contribution in [3.8, 4) is 0 Å². The maximum absolute atomic E-state index is 11.8. The van der Waals surface area contributed by atoms with Gasteiger partial charge in [0.25, 0.3) is 0 Å². The van der Waals surface area contributed by atoms with Crippen LogP contribution in [0.15, 0.2) is 18.2 Å².